The average Bonchev–Trinajstić information content (AvgIpc) is 2.77. The normalized spacial score (nSPS) is 10.0. The van der Waals surface area contributed by atoms with Crippen LogP contribution in [0.15, 0.2) is 72.8 Å². The van der Waals surface area contributed by atoms with E-state index in [4.69, 9.17) is 10.00 Å². The molecule has 30 heavy (non-hydrogen) atoms. The quantitative estimate of drug-likeness (QED) is 0.630. The fourth-order valence-corrected chi connectivity index (χ4v) is 2.62. The van der Waals surface area contributed by atoms with Gasteiger partial charge in [0.25, 0.3) is 11.8 Å². The largest absolute Gasteiger partial charge is 0.484 e. The molecule has 0 aromatic heterocycles. The lowest BCUT2D eigenvalue weighted by molar-refractivity contribution is -0.123. The molecule has 0 aliphatic rings. The van der Waals surface area contributed by atoms with Crippen molar-refractivity contribution in [1.82, 2.24) is 5.32 Å². The van der Waals surface area contributed by atoms with E-state index in [1.807, 2.05) is 6.07 Å². The van der Waals surface area contributed by atoms with Crippen molar-refractivity contribution < 1.29 is 18.7 Å². The number of rotatable bonds is 7. The summed E-state index contributed by atoms with van der Waals surface area (Å²) in [5, 5.41) is 14.2. The van der Waals surface area contributed by atoms with Crippen LogP contribution in [-0.4, -0.2) is 18.4 Å². The van der Waals surface area contributed by atoms with Gasteiger partial charge in [0, 0.05) is 17.8 Å². The maximum atomic E-state index is 13.3. The van der Waals surface area contributed by atoms with Crippen molar-refractivity contribution in [2.75, 3.05) is 11.9 Å². The number of ether oxygens (including phenoxy) is 1. The van der Waals surface area contributed by atoms with Crippen molar-refractivity contribution in [3.8, 4) is 11.8 Å². The van der Waals surface area contributed by atoms with Crippen molar-refractivity contribution >= 4 is 17.5 Å². The summed E-state index contributed by atoms with van der Waals surface area (Å²) in [4.78, 5) is 24.2. The number of amides is 2. The highest BCUT2D eigenvalue weighted by atomic mass is 19.1. The molecule has 0 unspecified atom stereocenters. The minimum atomic E-state index is -0.484. The fourth-order valence-electron chi connectivity index (χ4n) is 2.62. The van der Waals surface area contributed by atoms with Crippen LogP contribution in [0.25, 0.3) is 0 Å². The molecule has 0 bridgehead atoms. The van der Waals surface area contributed by atoms with E-state index in [0.29, 0.717) is 17.0 Å². The van der Waals surface area contributed by atoms with Crippen LogP contribution in [0.1, 0.15) is 21.5 Å². The number of nitrogens with one attached hydrogen (secondary N) is 2. The van der Waals surface area contributed by atoms with Crippen LogP contribution in [0.4, 0.5) is 10.1 Å². The van der Waals surface area contributed by atoms with Crippen molar-refractivity contribution in [2.45, 2.75) is 6.54 Å². The van der Waals surface area contributed by atoms with Gasteiger partial charge in [0.05, 0.1) is 11.6 Å². The predicted molar refractivity (Wildman–Crippen MR) is 109 cm³/mol. The maximum absolute atomic E-state index is 13.3. The molecule has 0 heterocycles. The highest BCUT2D eigenvalue weighted by Gasteiger charge is 2.08. The number of halogens is 1. The van der Waals surface area contributed by atoms with Crippen LogP contribution in [0.3, 0.4) is 0 Å². The minimum absolute atomic E-state index is 0.165. The van der Waals surface area contributed by atoms with Crippen molar-refractivity contribution in [2.24, 2.45) is 0 Å². The first-order valence-electron chi connectivity index (χ1n) is 9.09. The monoisotopic (exact) mass is 403 g/mol. The Bertz CT molecular complexity index is 1090. The second-order valence-corrected chi connectivity index (χ2v) is 6.37. The van der Waals surface area contributed by atoms with Crippen LogP contribution in [0.5, 0.6) is 5.75 Å². The first-order valence-corrected chi connectivity index (χ1v) is 9.09. The molecule has 2 amide bonds. The molecule has 3 rings (SSSR count). The predicted octanol–water partition coefficient (Wildman–Crippen LogP) is 3.64. The summed E-state index contributed by atoms with van der Waals surface area (Å²) in [5.41, 5.74) is 2.04. The standard InChI is InChI=1S/C23H18FN3O3/c24-19-5-2-4-18(12-19)23(29)27-20-6-1-3-17(11-20)14-26-22(28)15-30-21-9-7-16(13-25)8-10-21/h1-12H,14-15H2,(H,26,28)(H,27,29). The van der Waals surface area contributed by atoms with Gasteiger partial charge >= 0.3 is 0 Å². The summed E-state index contributed by atoms with van der Waals surface area (Å²) in [5.74, 6) is -0.728. The molecule has 0 aliphatic carbocycles. The van der Waals surface area contributed by atoms with Crippen molar-refractivity contribution in [3.63, 3.8) is 0 Å². The van der Waals surface area contributed by atoms with Gasteiger partial charge in [-0.25, -0.2) is 4.39 Å². The van der Waals surface area contributed by atoms with Crippen molar-refractivity contribution in [1.29, 1.82) is 5.26 Å². The number of nitriles is 1. The molecule has 0 aliphatic heterocycles. The Morgan fingerprint density at radius 2 is 1.77 bits per heavy atom. The molecule has 0 spiro atoms. The van der Waals surface area contributed by atoms with E-state index >= 15 is 0 Å². The fraction of sp³-hybridized carbons (Fsp3) is 0.0870. The van der Waals surface area contributed by atoms with Crippen LogP contribution in [0, 0.1) is 17.1 Å². The Kier molecular flexibility index (Phi) is 6.74. The Morgan fingerprint density at radius 3 is 2.50 bits per heavy atom. The second kappa shape index (κ2) is 9.85. The number of hydrogen-bond acceptors (Lipinski definition) is 4. The summed E-state index contributed by atoms with van der Waals surface area (Å²) in [6, 6.07) is 20.9. The average molecular weight is 403 g/mol. The van der Waals surface area contributed by atoms with E-state index in [1.54, 1.807) is 48.5 Å². The SMILES string of the molecule is N#Cc1ccc(OCC(=O)NCc2cccc(NC(=O)c3cccc(F)c3)c2)cc1. The number of hydrogen-bond donors (Lipinski definition) is 2. The van der Waals surface area contributed by atoms with Crippen LogP contribution in [-0.2, 0) is 11.3 Å². The summed E-state index contributed by atoms with van der Waals surface area (Å²) >= 11 is 0. The Hall–Kier alpha value is -4.18. The molecule has 3 aromatic carbocycles. The first-order chi connectivity index (χ1) is 14.5. The van der Waals surface area contributed by atoms with Gasteiger partial charge in [0.1, 0.15) is 11.6 Å². The summed E-state index contributed by atoms with van der Waals surface area (Å²) in [7, 11) is 0. The molecule has 150 valence electrons. The zero-order valence-corrected chi connectivity index (χ0v) is 15.9. The number of nitrogens with zero attached hydrogens (tertiary/aromatic N) is 1. The summed E-state index contributed by atoms with van der Waals surface area (Å²) in [6.45, 7) is 0.0845. The topological polar surface area (TPSA) is 91.2 Å². The van der Waals surface area contributed by atoms with Gasteiger partial charge < -0.3 is 15.4 Å². The third kappa shape index (κ3) is 5.91. The summed E-state index contributed by atoms with van der Waals surface area (Å²) in [6.07, 6.45) is 0. The lowest BCUT2D eigenvalue weighted by Gasteiger charge is -2.10. The molecule has 6 nitrogen and oxygen atoms in total. The first kappa shape index (κ1) is 20.6. The van der Waals surface area contributed by atoms with Gasteiger partial charge in [-0.3, -0.25) is 9.59 Å². The van der Waals surface area contributed by atoms with E-state index in [9.17, 15) is 14.0 Å². The lowest BCUT2D eigenvalue weighted by Crippen LogP contribution is -2.28. The molecule has 0 saturated carbocycles. The molecule has 0 radical (unpaired) electrons. The van der Waals surface area contributed by atoms with Crippen LogP contribution in [0.2, 0.25) is 0 Å². The number of carbonyl (C=O) groups is 2. The van der Waals surface area contributed by atoms with Gasteiger partial charge in [-0.15, -0.1) is 0 Å². The zero-order valence-electron chi connectivity index (χ0n) is 15.9. The number of carbonyl (C=O) groups excluding carboxylic acids is 2. The number of anilines is 1. The molecule has 0 saturated heterocycles. The van der Waals surface area contributed by atoms with E-state index in [2.05, 4.69) is 10.6 Å². The molecule has 7 heteroatoms. The zero-order chi connectivity index (χ0) is 21.3. The van der Waals surface area contributed by atoms with Gasteiger partial charge in [0.2, 0.25) is 0 Å². The van der Waals surface area contributed by atoms with E-state index in [-0.39, 0.29) is 24.6 Å². The highest BCUT2D eigenvalue weighted by Crippen LogP contribution is 2.14. The third-order valence-electron chi connectivity index (χ3n) is 4.11. The smallest absolute Gasteiger partial charge is 0.258 e. The Balaban J connectivity index is 1.50. The molecule has 0 atom stereocenters. The van der Waals surface area contributed by atoms with Crippen LogP contribution >= 0.6 is 0 Å². The molecule has 0 fully saturated rings. The van der Waals surface area contributed by atoms with E-state index in [0.717, 1.165) is 11.6 Å². The van der Waals surface area contributed by atoms with E-state index in [1.165, 1.54) is 18.2 Å². The molecular weight excluding hydrogens is 385 g/mol. The maximum Gasteiger partial charge on any atom is 0.258 e. The highest BCUT2D eigenvalue weighted by molar-refractivity contribution is 6.04. The molecular formula is C23H18FN3O3. The van der Waals surface area contributed by atoms with E-state index < -0.39 is 11.7 Å². The van der Waals surface area contributed by atoms with Gasteiger partial charge in [0.15, 0.2) is 6.61 Å². The Morgan fingerprint density at radius 1 is 1.00 bits per heavy atom. The van der Waals surface area contributed by atoms with Gasteiger partial charge in [-0.2, -0.15) is 5.26 Å². The van der Waals surface area contributed by atoms with Crippen LogP contribution < -0.4 is 15.4 Å². The minimum Gasteiger partial charge on any atom is -0.484 e. The Labute approximate surface area is 172 Å². The molecule has 3 aromatic rings. The number of benzene rings is 3. The summed E-state index contributed by atoms with van der Waals surface area (Å²) < 4.78 is 18.7. The molecule has 2 N–H and O–H groups in total. The third-order valence-corrected chi connectivity index (χ3v) is 4.11. The second-order valence-electron chi connectivity index (χ2n) is 6.37. The van der Waals surface area contributed by atoms with Gasteiger partial charge in [-0.05, 0) is 60.2 Å². The van der Waals surface area contributed by atoms with Gasteiger partial charge in [-0.1, -0.05) is 18.2 Å². The van der Waals surface area contributed by atoms with Crippen molar-refractivity contribution in [3.05, 3.63) is 95.3 Å². The lowest BCUT2D eigenvalue weighted by atomic mass is 10.1.